The fourth-order valence-electron chi connectivity index (χ4n) is 1.97. The van der Waals surface area contributed by atoms with E-state index in [1.54, 1.807) is 0 Å². The molecule has 0 saturated carbocycles. The van der Waals surface area contributed by atoms with Gasteiger partial charge in [0.15, 0.2) is 3.92 Å². The summed E-state index contributed by atoms with van der Waals surface area (Å²) in [6, 6.07) is -0.233. The molecule has 0 aliphatic carbocycles. The molecule has 0 bridgehead atoms. The van der Waals surface area contributed by atoms with Crippen LogP contribution in [-0.4, -0.2) is 39.7 Å². The molecule has 88 valence electrons. The maximum atomic E-state index is 11.0. The van der Waals surface area contributed by atoms with E-state index in [1.165, 1.54) is 16.2 Å². The van der Waals surface area contributed by atoms with Crippen molar-refractivity contribution in [3.05, 3.63) is 15.0 Å². The number of hydrogen-bond acceptors (Lipinski definition) is 4. The van der Waals surface area contributed by atoms with E-state index in [-0.39, 0.29) is 12.1 Å². The largest absolute Gasteiger partial charge is 0.465 e. The van der Waals surface area contributed by atoms with Crippen molar-refractivity contribution in [3.8, 4) is 0 Å². The zero-order valence-electron chi connectivity index (χ0n) is 8.47. The molecule has 0 aromatic carbocycles. The van der Waals surface area contributed by atoms with Crippen molar-refractivity contribution in [2.75, 3.05) is 6.54 Å². The fourth-order valence-corrected chi connectivity index (χ4v) is 3.03. The van der Waals surface area contributed by atoms with Gasteiger partial charge in [0.05, 0.1) is 11.7 Å². The highest BCUT2D eigenvalue weighted by Gasteiger charge is 2.35. The minimum atomic E-state index is -0.896. The number of nitrogens with zero attached hydrogens (tertiary/aromatic N) is 2. The van der Waals surface area contributed by atoms with E-state index >= 15 is 0 Å². The highest BCUT2D eigenvalue weighted by Crippen LogP contribution is 2.23. The molecule has 0 unspecified atom stereocenters. The highest BCUT2D eigenvalue weighted by molar-refractivity contribution is 9.11. The summed E-state index contributed by atoms with van der Waals surface area (Å²) in [4.78, 5) is 16.7. The smallest absolute Gasteiger partial charge is 0.407 e. The second-order valence-electron chi connectivity index (χ2n) is 3.79. The average Bonchev–Trinajstić information content (AvgIpc) is 2.76. The van der Waals surface area contributed by atoms with Gasteiger partial charge < -0.3 is 15.7 Å². The molecule has 1 aliphatic heterocycles. The van der Waals surface area contributed by atoms with Gasteiger partial charge in [-0.3, -0.25) is 0 Å². The van der Waals surface area contributed by atoms with Crippen LogP contribution in [0.4, 0.5) is 4.79 Å². The third-order valence-corrected chi connectivity index (χ3v) is 4.20. The highest BCUT2D eigenvalue weighted by atomic mass is 79.9. The Balaban J connectivity index is 2.09. The predicted molar refractivity (Wildman–Crippen MR) is 64.6 cm³/mol. The van der Waals surface area contributed by atoms with E-state index in [2.05, 4.69) is 20.9 Å². The Hall–Kier alpha value is -0.660. The minimum absolute atomic E-state index is 0.0865. The third-order valence-electron chi connectivity index (χ3n) is 2.79. The minimum Gasteiger partial charge on any atom is -0.465 e. The summed E-state index contributed by atoms with van der Waals surface area (Å²) >= 11 is 4.78. The van der Waals surface area contributed by atoms with Crippen LogP contribution >= 0.6 is 27.3 Å². The Morgan fingerprint density at radius 1 is 1.81 bits per heavy atom. The van der Waals surface area contributed by atoms with E-state index in [9.17, 15) is 4.79 Å². The summed E-state index contributed by atoms with van der Waals surface area (Å²) < 4.78 is 0.816. The summed E-state index contributed by atoms with van der Waals surface area (Å²) in [6.45, 7) is 0.520. The van der Waals surface area contributed by atoms with Gasteiger partial charge in [0, 0.05) is 24.4 Å². The maximum Gasteiger partial charge on any atom is 0.407 e. The summed E-state index contributed by atoms with van der Waals surface area (Å²) in [7, 11) is 0. The first-order valence-electron chi connectivity index (χ1n) is 4.93. The lowest BCUT2D eigenvalue weighted by Crippen LogP contribution is -2.43. The number of rotatable bonds is 2. The second-order valence-corrected chi connectivity index (χ2v) is 5.93. The first kappa shape index (κ1) is 11.8. The number of hydrogen-bond donors (Lipinski definition) is 2. The van der Waals surface area contributed by atoms with Crippen LogP contribution in [0.25, 0.3) is 0 Å². The molecule has 2 heterocycles. The molecule has 16 heavy (non-hydrogen) atoms. The molecular weight excluding hydrogens is 294 g/mol. The van der Waals surface area contributed by atoms with Gasteiger partial charge in [-0.05, 0) is 22.4 Å². The van der Waals surface area contributed by atoms with Crippen molar-refractivity contribution in [1.82, 2.24) is 9.88 Å². The SMILES string of the molecule is N[C@H]1CCN(C(=O)O)[C@H]1Cc1csc(Br)n1. The lowest BCUT2D eigenvalue weighted by molar-refractivity contribution is 0.138. The second kappa shape index (κ2) is 4.68. The van der Waals surface area contributed by atoms with Crippen LogP contribution < -0.4 is 5.73 Å². The van der Waals surface area contributed by atoms with Gasteiger partial charge in [0.1, 0.15) is 0 Å². The van der Waals surface area contributed by atoms with E-state index < -0.39 is 6.09 Å². The van der Waals surface area contributed by atoms with E-state index in [1.807, 2.05) is 5.38 Å². The molecule has 1 aromatic rings. The van der Waals surface area contributed by atoms with E-state index in [0.29, 0.717) is 13.0 Å². The van der Waals surface area contributed by atoms with Crippen LogP contribution in [0.3, 0.4) is 0 Å². The van der Waals surface area contributed by atoms with Crippen molar-refractivity contribution < 1.29 is 9.90 Å². The van der Waals surface area contributed by atoms with Gasteiger partial charge in [0.25, 0.3) is 0 Å². The Labute approximate surface area is 105 Å². The van der Waals surface area contributed by atoms with Gasteiger partial charge in [-0.25, -0.2) is 9.78 Å². The van der Waals surface area contributed by atoms with Crippen LogP contribution in [0.15, 0.2) is 9.30 Å². The van der Waals surface area contributed by atoms with Crippen LogP contribution in [-0.2, 0) is 6.42 Å². The molecular formula is C9H12BrN3O2S. The first-order chi connectivity index (χ1) is 7.58. The van der Waals surface area contributed by atoms with Gasteiger partial charge >= 0.3 is 6.09 Å². The van der Waals surface area contributed by atoms with Crippen molar-refractivity contribution in [3.63, 3.8) is 0 Å². The van der Waals surface area contributed by atoms with Crippen LogP contribution in [0.2, 0.25) is 0 Å². The topological polar surface area (TPSA) is 79.5 Å². The number of carbonyl (C=O) groups is 1. The summed E-state index contributed by atoms with van der Waals surface area (Å²) in [6.07, 6.45) is 0.421. The predicted octanol–water partition coefficient (Wildman–Crippen LogP) is 1.53. The molecule has 0 radical (unpaired) electrons. The standard InChI is InChI=1S/C9H12BrN3O2S/c10-8-12-5(4-16-8)3-7-6(11)1-2-13(7)9(14)15/h4,6-7H,1-3,11H2,(H,14,15)/t6-,7-/m0/s1. The maximum absolute atomic E-state index is 11.0. The Bertz CT molecular complexity index is 398. The zero-order chi connectivity index (χ0) is 11.7. The molecule has 1 fully saturated rings. The van der Waals surface area contributed by atoms with Crippen molar-refractivity contribution in [2.45, 2.75) is 24.9 Å². The molecule has 1 saturated heterocycles. The van der Waals surface area contributed by atoms with E-state index in [4.69, 9.17) is 10.8 Å². The molecule has 0 spiro atoms. The lowest BCUT2D eigenvalue weighted by atomic mass is 10.1. The molecule has 2 rings (SSSR count). The van der Waals surface area contributed by atoms with Crippen LogP contribution in [0, 0.1) is 0 Å². The molecule has 1 amide bonds. The summed E-state index contributed by atoms with van der Waals surface area (Å²) in [5, 5.41) is 11.0. The Kier molecular flexibility index (Phi) is 3.46. The molecule has 1 aliphatic rings. The van der Waals surface area contributed by atoms with Gasteiger partial charge in [-0.1, -0.05) is 0 Å². The quantitative estimate of drug-likeness (QED) is 0.868. The van der Waals surface area contributed by atoms with E-state index in [0.717, 1.165) is 16.0 Å². The van der Waals surface area contributed by atoms with Crippen molar-refractivity contribution in [1.29, 1.82) is 0 Å². The van der Waals surface area contributed by atoms with Gasteiger partial charge in [-0.2, -0.15) is 0 Å². The molecule has 1 aromatic heterocycles. The molecule has 7 heteroatoms. The summed E-state index contributed by atoms with van der Waals surface area (Å²) in [5.41, 5.74) is 6.81. The summed E-state index contributed by atoms with van der Waals surface area (Å²) in [5.74, 6) is 0. The lowest BCUT2D eigenvalue weighted by Gasteiger charge is -2.23. The zero-order valence-corrected chi connectivity index (χ0v) is 10.9. The molecule has 5 nitrogen and oxygen atoms in total. The monoisotopic (exact) mass is 305 g/mol. The van der Waals surface area contributed by atoms with Gasteiger partial charge in [0.2, 0.25) is 0 Å². The van der Waals surface area contributed by atoms with Crippen molar-refractivity contribution in [2.24, 2.45) is 5.73 Å². The van der Waals surface area contributed by atoms with Crippen LogP contribution in [0.1, 0.15) is 12.1 Å². The number of thiazole rings is 1. The third kappa shape index (κ3) is 2.36. The van der Waals surface area contributed by atoms with Crippen molar-refractivity contribution >= 4 is 33.4 Å². The molecule has 3 N–H and O–H groups in total. The van der Waals surface area contributed by atoms with Gasteiger partial charge in [-0.15, -0.1) is 11.3 Å². The number of likely N-dealkylation sites (tertiary alicyclic amines) is 1. The Morgan fingerprint density at radius 2 is 2.56 bits per heavy atom. The fraction of sp³-hybridized carbons (Fsp3) is 0.556. The number of halogens is 1. The van der Waals surface area contributed by atoms with Crippen LogP contribution in [0.5, 0.6) is 0 Å². The number of carboxylic acid groups (broad SMARTS) is 1. The normalized spacial score (nSPS) is 25.0. The first-order valence-corrected chi connectivity index (χ1v) is 6.60. The number of aromatic nitrogens is 1. The average molecular weight is 306 g/mol. The number of nitrogens with two attached hydrogens (primary N) is 1. The number of amides is 1. The Morgan fingerprint density at radius 3 is 3.12 bits per heavy atom. The molecule has 2 atom stereocenters.